The Morgan fingerprint density at radius 2 is 2.10 bits per heavy atom. The lowest BCUT2D eigenvalue weighted by Crippen LogP contribution is -2.43. The van der Waals surface area contributed by atoms with Gasteiger partial charge in [-0.25, -0.2) is 0 Å². The summed E-state index contributed by atoms with van der Waals surface area (Å²) in [5, 5.41) is 13.2. The van der Waals surface area contributed by atoms with E-state index in [2.05, 4.69) is 5.32 Å². The van der Waals surface area contributed by atoms with E-state index in [4.69, 9.17) is 4.74 Å². The highest BCUT2D eigenvalue weighted by Gasteiger charge is 2.33. The molecule has 0 spiro atoms. The van der Waals surface area contributed by atoms with Crippen LogP contribution in [0.25, 0.3) is 0 Å². The zero-order valence-corrected chi connectivity index (χ0v) is 11.6. The molecule has 0 aromatic heterocycles. The van der Waals surface area contributed by atoms with E-state index in [1.807, 2.05) is 24.3 Å². The molecule has 4 heteroatoms. The first-order chi connectivity index (χ1) is 9.68. The number of carbonyl (C=O) groups is 1. The van der Waals surface area contributed by atoms with E-state index in [1.165, 1.54) is 0 Å². The van der Waals surface area contributed by atoms with Crippen molar-refractivity contribution in [2.24, 2.45) is 0 Å². The molecule has 2 aliphatic rings. The summed E-state index contributed by atoms with van der Waals surface area (Å²) in [4.78, 5) is 12.4. The van der Waals surface area contributed by atoms with Gasteiger partial charge in [-0.15, -0.1) is 0 Å². The number of aliphatic hydroxyl groups is 1. The largest absolute Gasteiger partial charge is 0.493 e. The van der Waals surface area contributed by atoms with Crippen LogP contribution in [0, 0.1) is 0 Å². The van der Waals surface area contributed by atoms with Crippen LogP contribution in [0.1, 0.15) is 43.6 Å². The highest BCUT2D eigenvalue weighted by Crippen LogP contribution is 2.34. The predicted octanol–water partition coefficient (Wildman–Crippen LogP) is 1.97. The van der Waals surface area contributed by atoms with Crippen molar-refractivity contribution >= 4 is 5.91 Å². The Hall–Kier alpha value is -1.55. The van der Waals surface area contributed by atoms with Crippen molar-refractivity contribution in [3.8, 4) is 5.75 Å². The average Bonchev–Trinajstić information content (AvgIpc) is 2.91. The van der Waals surface area contributed by atoms with Crippen molar-refractivity contribution in [3.05, 3.63) is 29.8 Å². The molecule has 1 fully saturated rings. The molecule has 3 rings (SSSR count). The molecule has 4 nitrogen and oxygen atoms in total. The number of rotatable bonds is 3. The standard InChI is InChI=1S/C16H21NO3/c18-15(17-11-16(19)8-3-4-9-16)13-7-10-20-14-6-2-1-5-12(13)14/h1-2,5-6,13,19H,3-4,7-11H2,(H,17,18). The summed E-state index contributed by atoms with van der Waals surface area (Å²) in [5.41, 5.74) is 0.259. The molecule has 108 valence electrons. The highest BCUT2D eigenvalue weighted by atomic mass is 16.5. The van der Waals surface area contributed by atoms with E-state index in [9.17, 15) is 9.90 Å². The van der Waals surface area contributed by atoms with Gasteiger partial charge < -0.3 is 15.2 Å². The summed E-state index contributed by atoms with van der Waals surface area (Å²) >= 11 is 0. The van der Waals surface area contributed by atoms with Crippen LogP contribution >= 0.6 is 0 Å². The Kier molecular flexibility index (Phi) is 3.66. The number of para-hydroxylation sites is 1. The molecule has 1 amide bonds. The fraction of sp³-hybridized carbons (Fsp3) is 0.562. The van der Waals surface area contributed by atoms with Gasteiger partial charge in [0.1, 0.15) is 5.75 Å². The SMILES string of the molecule is O=C(NCC1(O)CCCC1)C1CCOc2ccccc21. The van der Waals surface area contributed by atoms with Crippen LogP contribution in [-0.4, -0.2) is 29.8 Å². The van der Waals surface area contributed by atoms with Crippen molar-refractivity contribution in [2.75, 3.05) is 13.2 Å². The van der Waals surface area contributed by atoms with Gasteiger partial charge in [-0.1, -0.05) is 31.0 Å². The number of nitrogens with one attached hydrogen (secondary N) is 1. The molecule has 0 saturated heterocycles. The maximum absolute atomic E-state index is 12.4. The molecule has 1 aliphatic carbocycles. The molecule has 1 atom stereocenters. The normalized spacial score (nSPS) is 23.8. The fourth-order valence-electron chi connectivity index (χ4n) is 3.20. The molecule has 20 heavy (non-hydrogen) atoms. The summed E-state index contributed by atoms with van der Waals surface area (Å²) in [6.45, 7) is 0.935. The fourth-order valence-corrected chi connectivity index (χ4v) is 3.20. The summed E-state index contributed by atoms with van der Waals surface area (Å²) in [7, 11) is 0. The lowest BCUT2D eigenvalue weighted by atomic mass is 9.92. The van der Waals surface area contributed by atoms with Gasteiger partial charge in [0.2, 0.25) is 5.91 Å². The minimum atomic E-state index is -0.694. The molecular formula is C16H21NO3. The number of fused-ring (bicyclic) bond motifs is 1. The van der Waals surface area contributed by atoms with E-state index < -0.39 is 5.60 Å². The molecule has 0 bridgehead atoms. The molecule has 0 radical (unpaired) electrons. The third kappa shape index (κ3) is 2.66. The maximum Gasteiger partial charge on any atom is 0.227 e. The van der Waals surface area contributed by atoms with Gasteiger partial charge in [-0.05, 0) is 25.3 Å². The van der Waals surface area contributed by atoms with E-state index in [0.29, 0.717) is 19.6 Å². The Balaban J connectivity index is 1.66. The molecule has 1 saturated carbocycles. The van der Waals surface area contributed by atoms with Crippen LogP contribution in [0.2, 0.25) is 0 Å². The first kappa shape index (κ1) is 13.4. The Morgan fingerprint density at radius 3 is 2.90 bits per heavy atom. The zero-order valence-electron chi connectivity index (χ0n) is 11.6. The number of hydrogen-bond donors (Lipinski definition) is 2. The van der Waals surface area contributed by atoms with Gasteiger partial charge in [0.25, 0.3) is 0 Å². The molecule has 1 aromatic carbocycles. The van der Waals surface area contributed by atoms with Crippen LogP contribution in [0.3, 0.4) is 0 Å². The second-order valence-corrected chi connectivity index (χ2v) is 5.88. The van der Waals surface area contributed by atoms with Crippen LogP contribution in [-0.2, 0) is 4.79 Å². The first-order valence-corrected chi connectivity index (χ1v) is 7.40. The summed E-state index contributed by atoms with van der Waals surface area (Å²) < 4.78 is 5.57. The number of benzene rings is 1. The Morgan fingerprint density at radius 1 is 1.35 bits per heavy atom. The van der Waals surface area contributed by atoms with Gasteiger partial charge in [0.05, 0.1) is 18.1 Å². The van der Waals surface area contributed by atoms with Gasteiger partial charge in [-0.3, -0.25) is 4.79 Å². The quantitative estimate of drug-likeness (QED) is 0.886. The molecule has 1 aromatic rings. The zero-order chi connectivity index (χ0) is 14.0. The molecule has 1 unspecified atom stereocenters. The predicted molar refractivity (Wildman–Crippen MR) is 75.7 cm³/mol. The van der Waals surface area contributed by atoms with Crippen molar-refractivity contribution < 1.29 is 14.6 Å². The van der Waals surface area contributed by atoms with Crippen molar-refractivity contribution in [1.29, 1.82) is 0 Å². The number of ether oxygens (including phenoxy) is 1. The van der Waals surface area contributed by atoms with Crippen LogP contribution < -0.4 is 10.1 Å². The Bertz CT molecular complexity index is 494. The molecule has 2 N–H and O–H groups in total. The summed E-state index contributed by atoms with van der Waals surface area (Å²) in [6, 6.07) is 7.70. The van der Waals surface area contributed by atoms with Crippen molar-refractivity contribution in [2.45, 2.75) is 43.6 Å². The van der Waals surface area contributed by atoms with Gasteiger partial charge in [0, 0.05) is 12.1 Å². The number of hydrogen-bond acceptors (Lipinski definition) is 3. The molecular weight excluding hydrogens is 254 g/mol. The molecule has 1 heterocycles. The second kappa shape index (κ2) is 5.44. The minimum Gasteiger partial charge on any atom is -0.493 e. The lowest BCUT2D eigenvalue weighted by molar-refractivity contribution is -0.124. The average molecular weight is 275 g/mol. The summed E-state index contributed by atoms with van der Waals surface area (Å²) in [5.74, 6) is 0.643. The highest BCUT2D eigenvalue weighted by molar-refractivity contribution is 5.84. The Labute approximate surface area is 119 Å². The third-order valence-corrected chi connectivity index (χ3v) is 4.40. The van der Waals surface area contributed by atoms with Gasteiger partial charge in [-0.2, -0.15) is 0 Å². The van der Waals surface area contributed by atoms with E-state index in [-0.39, 0.29) is 11.8 Å². The van der Waals surface area contributed by atoms with Crippen molar-refractivity contribution in [3.63, 3.8) is 0 Å². The number of carbonyl (C=O) groups excluding carboxylic acids is 1. The molecule has 1 aliphatic heterocycles. The van der Waals surface area contributed by atoms with Gasteiger partial charge >= 0.3 is 0 Å². The topological polar surface area (TPSA) is 58.6 Å². The smallest absolute Gasteiger partial charge is 0.227 e. The van der Waals surface area contributed by atoms with Crippen LogP contribution in [0.15, 0.2) is 24.3 Å². The van der Waals surface area contributed by atoms with Crippen LogP contribution in [0.4, 0.5) is 0 Å². The summed E-state index contributed by atoms with van der Waals surface area (Å²) in [6.07, 6.45) is 4.37. The maximum atomic E-state index is 12.4. The number of amides is 1. The van der Waals surface area contributed by atoms with E-state index >= 15 is 0 Å². The minimum absolute atomic E-state index is 0.000995. The lowest BCUT2D eigenvalue weighted by Gasteiger charge is -2.27. The van der Waals surface area contributed by atoms with E-state index in [0.717, 1.165) is 37.0 Å². The monoisotopic (exact) mass is 275 g/mol. The van der Waals surface area contributed by atoms with Crippen LogP contribution in [0.5, 0.6) is 5.75 Å². The second-order valence-electron chi connectivity index (χ2n) is 5.88. The first-order valence-electron chi connectivity index (χ1n) is 7.40. The third-order valence-electron chi connectivity index (χ3n) is 4.40. The van der Waals surface area contributed by atoms with Gasteiger partial charge in [0.15, 0.2) is 0 Å². The van der Waals surface area contributed by atoms with Crippen molar-refractivity contribution in [1.82, 2.24) is 5.32 Å². The van der Waals surface area contributed by atoms with E-state index in [1.54, 1.807) is 0 Å².